The lowest BCUT2D eigenvalue weighted by molar-refractivity contribution is -0.125. The normalized spacial score (nSPS) is 29.6. The third-order valence-corrected chi connectivity index (χ3v) is 4.29. The third kappa shape index (κ3) is 2.90. The molecule has 6 nitrogen and oxygen atoms in total. The number of hydrogen-bond donors (Lipinski definition) is 2. The van der Waals surface area contributed by atoms with Gasteiger partial charge in [0.05, 0.1) is 31.0 Å². The Kier molecular flexibility index (Phi) is 4.56. The van der Waals surface area contributed by atoms with Gasteiger partial charge in [0.2, 0.25) is 5.91 Å². The molecule has 4 unspecified atom stereocenters. The average Bonchev–Trinajstić information content (AvgIpc) is 2.80. The number of aromatic nitrogens is 2. The van der Waals surface area contributed by atoms with Gasteiger partial charge in [0, 0.05) is 12.1 Å². The van der Waals surface area contributed by atoms with E-state index in [1.54, 1.807) is 13.3 Å². The first-order valence-electron chi connectivity index (χ1n) is 7.53. The summed E-state index contributed by atoms with van der Waals surface area (Å²) in [5.41, 5.74) is 6.58. The van der Waals surface area contributed by atoms with Gasteiger partial charge in [-0.2, -0.15) is 5.10 Å². The van der Waals surface area contributed by atoms with E-state index in [2.05, 4.69) is 38.1 Å². The zero-order valence-corrected chi connectivity index (χ0v) is 13.5. The topological polar surface area (TPSA) is 82.2 Å². The Hall–Kier alpha value is -1.56. The van der Waals surface area contributed by atoms with E-state index < -0.39 is 0 Å². The summed E-state index contributed by atoms with van der Waals surface area (Å²) in [5, 5.41) is 7.91. The van der Waals surface area contributed by atoms with Crippen LogP contribution in [0.25, 0.3) is 0 Å². The first kappa shape index (κ1) is 15.8. The molecule has 1 amide bonds. The van der Waals surface area contributed by atoms with E-state index >= 15 is 0 Å². The van der Waals surface area contributed by atoms with E-state index in [1.165, 1.54) is 0 Å². The first-order chi connectivity index (χ1) is 9.86. The van der Waals surface area contributed by atoms with Crippen molar-refractivity contribution in [2.45, 2.75) is 52.2 Å². The average molecular weight is 294 g/mol. The van der Waals surface area contributed by atoms with Crippen LogP contribution in [0.4, 0.5) is 0 Å². The van der Waals surface area contributed by atoms with Gasteiger partial charge in [0.1, 0.15) is 0 Å². The number of carbonyl (C=O) groups is 1. The number of piperidine rings is 1. The van der Waals surface area contributed by atoms with Crippen LogP contribution < -0.4 is 15.8 Å². The van der Waals surface area contributed by atoms with Crippen LogP contribution in [0.15, 0.2) is 6.20 Å². The molecule has 0 saturated carbocycles. The predicted octanol–water partition coefficient (Wildman–Crippen LogP) is 1.63. The van der Waals surface area contributed by atoms with Gasteiger partial charge in [-0.25, -0.2) is 0 Å². The molecule has 1 fully saturated rings. The number of amides is 1. The molecule has 0 radical (unpaired) electrons. The van der Waals surface area contributed by atoms with E-state index in [4.69, 9.17) is 10.5 Å². The molecular formula is C15H26N4O2. The van der Waals surface area contributed by atoms with Crippen molar-refractivity contribution >= 4 is 5.91 Å². The molecule has 1 saturated heterocycles. The molecule has 6 heteroatoms. The van der Waals surface area contributed by atoms with Gasteiger partial charge in [-0.1, -0.05) is 6.92 Å². The fourth-order valence-corrected chi connectivity index (χ4v) is 3.43. The van der Waals surface area contributed by atoms with Crippen LogP contribution in [0.1, 0.15) is 51.9 Å². The Morgan fingerprint density at radius 2 is 2.19 bits per heavy atom. The maximum absolute atomic E-state index is 12.0. The molecule has 1 aliphatic rings. The van der Waals surface area contributed by atoms with Gasteiger partial charge < -0.3 is 15.8 Å². The number of ether oxygens (including phenoxy) is 1. The monoisotopic (exact) mass is 294 g/mol. The molecule has 2 rings (SSSR count). The molecule has 3 N–H and O–H groups in total. The van der Waals surface area contributed by atoms with E-state index in [1.807, 2.05) is 4.68 Å². The van der Waals surface area contributed by atoms with E-state index in [-0.39, 0.29) is 29.8 Å². The second kappa shape index (κ2) is 6.05. The van der Waals surface area contributed by atoms with Crippen molar-refractivity contribution in [2.24, 2.45) is 17.6 Å². The van der Waals surface area contributed by atoms with Gasteiger partial charge in [0.15, 0.2) is 5.75 Å². The van der Waals surface area contributed by atoms with Crippen LogP contribution in [0, 0.1) is 11.8 Å². The maximum atomic E-state index is 12.0. The SMILES string of the molecule is COc1cnn(C(C)C)c1C1NC(C)CC(C)C1C(N)=O. The van der Waals surface area contributed by atoms with Gasteiger partial charge in [-0.05, 0) is 33.1 Å². The number of methoxy groups -OCH3 is 1. The molecule has 1 aliphatic heterocycles. The number of rotatable bonds is 4. The fraction of sp³-hybridized carbons (Fsp3) is 0.733. The molecule has 21 heavy (non-hydrogen) atoms. The second-order valence-electron chi connectivity index (χ2n) is 6.32. The van der Waals surface area contributed by atoms with Gasteiger partial charge in [-0.3, -0.25) is 9.48 Å². The smallest absolute Gasteiger partial charge is 0.222 e. The maximum Gasteiger partial charge on any atom is 0.222 e. The summed E-state index contributed by atoms with van der Waals surface area (Å²) in [6.45, 7) is 8.33. The standard InChI is InChI=1S/C15H26N4O2/c1-8(2)19-14(11(21-5)7-17-19)13-12(15(16)20)9(3)6-10(4)18-13/h7-10,12-13,18H,6H2,1-5H3,(H2,16,20). The largest absolute Gasteiger partial charge is 0.493 e. The number of hydrogen-bond acceptors (Lipinski definition) is 4. The summed E-state index contributed by atoms with van der Waals surface area (Å²) in [4.78, 5) is 12.0. The molecule has 1 aromatic heterocycles. The van der Waals surface area contributed by atoms with E-state index in [9.17, 15) is 4.79 Å². The molecule has 2 heterocycles. The van der Waals surface area contributed by atoms with Crippen LogP contribution in [0.2, 0.25) is 0 Å². The highest BCUT2D eigenvalue weighted by atomic mass is 16.5. The Morgan fingerprint density at radius 1 is 1.52 bits per heavy atom. The fourth-order valence-electron chi connectivity index (χ4n) is 3.43. The summed E-state index contributed by atoms with van der Waals surface area (Å²) in [6, 6.07) is 0.341. The summed E-state index contributed by atoms with van der Waals surface area (Å²) in [7, 11) is 1.63. The van der Waals surface area contributed by atoms with Crippen molar-refractivity contribution in [1.29, 1.82) is 0 Å². The highest BCUT2D eigenvalue weighted by Crippen LogP contribution is 2.39. The Bertz CT molecular complexity index is 512. The second-order valence-corrected chi connectivity index (χ2v) is 6.32. The minimum Gasteiger partial charge on any atom is -0.493 e. The minimum atomic E-state index is -0.273. The highest BCUT2D eigenvalue weighted by molar-refractivity contribution is 5.78. The molecule has 0 aliphatic carbocycles. The summed E-state index contributed by atoms with van der Waals surface area (Å²) < 4.78 is 7.37. The molecule has 0 bridgehead atoms. The number of carbonyl (C=O) groups excluding carboxylic acids is 1. The first-order valence-corrected chi connectivity index (χ1v) is 7.53. The van der Waals surface area contributed by atoms with Gasteiger partial charge in [-0.15, -0.1) is 0 Å². The van der Waals surface area contributed by atoms with Crippen molar-refractivity contribution in [3.05, 3.63) is 11.9 Å². The van der Waals surface area contributed by atoms with Crippen LogP contribution in [-0.4, -0.2) is 28.8 Å². The molecule has 118 valence electrons. The van der Waals surface area contributed by atoms with E-state index in [0.29, 0.717) is 11.8 Å². The highest BCUT2D eigenvalue weighted by Gasteiger charge is 2.41. The van der Waals surface area contributed by atoms with Crippen molar-refractivity contribution in [1.82, 2.24) is 15.1 Å². The van der Waals surface area contributed by atoms with Crippen LogP contribution in [0.3, 0.4) is 0 Å². The summed E-state index contributed by atoms with van der Waals surface area (Å²) in [5.74, 6) is 0.396. The lowest BCUT2D eigenvalue weighted by Crippen LogP contribution is -2.49. The third-order valence-electron chi connectivity index (χ3n) is 4.29. The predicted molar refractivity (Wildman–Crippen MR) is 81.0 cm³/mol. The zero-order chi connectivity index (χ0) is 15.7. The lowest BCUT2D eigenvalue weighted by atomic mass is 9.77. The number of primary amides is 1. The zero-order valence-electron chi connectivity index (χ0n) is 13.5. The van der Waals surface area contributed by atoms with Crippen molar-refractivity contribution in [3.8, 4) is 5.75 Å². The molecule has 0 spiro atoms. The molecular weight excluding hydrogens is 268 g/mol. The van der Waals surface area contributed by atoms with Crippen molar-refractivity contribution in [2.75, 3.05) is 7.11 Å². The van der Waals surface area contributed by atoms with Gasteiger partial charge >= 0.3 is 0 Å². The van der Waals surface area contributed by atoms with Crippen LogP contribution in [-0.2, 0) is 4.79 Å². The Morgan fingerprint density at radius 3 is 2.71 bits per heavy atom. The number of nitrogens with two attached hydrogens (primary N) is 1. The quantitative estimate of drug-likeness (QED) is 0.884. The lowest BCUT2D eigenvalue weighted by Gasteiger charge is -2.39. The Balaban J connectivity index is 2.50. The van der Waals surface area contributed by atoms with Crippen molar-refractivity contribution < 1.29 is 9.53 Å². The van der Waals surface area contributed by atoms with Crippen LogP contribution in [0.5, 0.6) is 5.75 Å². The molecule has 4 atom stereocenters. The minimum absolute atomic E-state index is 0.166. The summed E-state index contributed by atoms with van der Waals surface area (Å²) in [6.07, 6.45) is 2.64. The molecule has 0 aromatic carbocycles. The number of nitrogens with zero attached hydrogens (tertiary/aromatic N) is 2. The van der Waals surface area contributed by atoms with Gasteiger partial charge in [0.25, 0.3) is 0 Å². The Labute approximate surface area is 126 Å². The number of nitrogens with one attached hydrogen (secondary N) is 1. The van der Waals surface area contributed by atoms with Crippen molar-refractivity contribution in [3.63, 3.8) is 0 Å². The summed E-state index contributed by atoms with van der Waals surface area (Å²) >= 11 is 0. The van der Waals surface area contributed by atoms with E-state index in [0.717, 1.165) is 12.1 Å². The molecule has 1 aromatic rings. The van der Waals surface area contributed by atoms with Crippen LogP contribution >= 0.6 is 0 Å².